The van der Waals surface area contributed by atoms with Gasteiger partial charge in [-0.2, -0.15) is 0 Å². The summed E-state index contributed by atoms with van der Waals surface area (Å²) in [4.78, 5) is 45.7. The Kier molecular flexibility index (Phi) is 10.6. The van der Waals surface area contributed by atoms with E-state index in [1.807, 2.05) is 6.92 Å². The van der Waals surface area contributed by atoms with Gasteiger partial charge in [-0.3, -0.25) is 14.5 Å². The fourth-order valence-electron chi connectivity index (χ4n) is 4.60. The minimum Gasteiger partial charge on any atom is -0.507 e. The molecule has 2 heterocycles. The van der Waals surface area contributed by atoms with Crippen LogP contribution in [0, 0.1) is 6.92 Å². The second-order valence-electron chi connectivity index (χ2n) is 9.67. The number of carbonyl (C=O) groups excluding carboxylic acids is 3. The van der Waals surface area contributed by atoms with Gasteiger partial charge in [0.05, 0.1) is 30.5 Å². The van der Waals surface area contributed by atoms with Crippen molar-refractivity contribution in [1.82, 2.24) is 4.98 Å². The Bertz CT molecular complexity index is 1550. The molecule has 9 nitrogen and oxygen atoms in total. The van der Waals surface area contributed by atoms with Gasteiger partial charge < -0.3 is 19.3 Å². The summed E-state index contributed by atoms with van der Waals surface area (Å²) in [6, 6.07) is 10.3. The van der Waals surface area contributed by atoms with E-state index in [0.717, 1.165) is 30.6 Å². The van der Waals surface area contributed by atoms with E-state index in [1.54, 1.807) is 49.4 Å². The van der Waals surface area contributed by atoms with E-state index in [0.29, 0.717) is 46.6 Å². The van der Waals surface area contributed by atoms with Crippen molar-refractivity contribution in [3.05, 3.63) is 87.4 Å². The summed E-state index contributed by atoms with van der Waals surface area (Å²) in [6.07, 6.45) is 4.40. The number of aryl methyl sites for hydroxylation is 1. The Morgan fingerprint density at radius 1 is 1.12 bits per heavy atom. The molecule has 1 N–H and O–H groups in total. The predicted molar refractivity (Wildman–Crippen MR) is 166 cm³/mol. The van der Waals surface area contributed by atoms with Crippen LogP contribution in [0.25, 0.3) is 5.76 Å². The number of aromatic nitrogens is 1. The quantitative estimate of drug-likeness (QED) is 0.0538. The highest BCUT2D eigenvalue weighted by Gasteiger charge is 2.48. The van der Waals surface area contributed by atoms with Crippen LogP contribution in [0.5, 0.6) is 11.5 Å². The zero-order valence-electron chi connectivity index (χ0n) is 24.2. The van der Waals surface area contributed by atoms with Gasteiger partial charge in [-0.05, 0) is 62.2 Å². The molecule has 1 amide bonds. The average molecular weight is 625 g/mol. The summed E-state index contributed by atoms with van der Waals surface area (Å²) in [5.74, 6) is -1.86. The molecule has 0 aliphatic carbocycles. The Morgan fingerprint density at radius 3 is 2.53 bits per heavy atom. The number of aliphatic hydroxyl groups is 1. The third-order valence-corrected chi connectivity index (χ3v) is 8.05. The second kappa shape index (κ2) is 14.3. The molecular weight excluding hydrogens is 592 g/mol. The molecule has 0 radical (unpaired) electrons. The fourth-order valence-corrected chi connectivity index (χ4v) is 5.71. The number of ketones is 1. The van der Waals surface area contributed by atoms with Crippen molar-refractivity contribution in [2.45, 2.75) is 46.1 Å². The zero-order valence-corrected chi connectivity index (χ0v) is 25.8. The predicted octanol–water partition coefficient (Wildman–Crippen LogP) is 7.04. The van der Waals surface area contributed by atoms with Crippen LogP contribution in [-0.2, 0) is 14.3 Å². The number of rotatable bonds is 13. The molecule has 3 aromatic rings. The standard InChI is InChI=1S/C32H33ClN2O7S/c1-5-8-9-17-41-23-15-12-21(18-24(23)40-7-3)26-25(27(36)20-10-13-22(33)14-11-20)28(37)30(38)35(26)32-34-19(4)29(43-32)31(39)42-16-6-2/h6,10-15,18,26,36H,2,5,7-9,16-17H2,1,3-4H3/b27-25+. The van der Waals surface area contributed by atoms with Gasteiger partial charge in [0.25, 0.3) is 5.78 Å². The van der Waals surface area contributed by atoms with Crippen molar-refractivity contribution < 1.29 is 33.7 Å². The molecule has 1 aliphatic heterocycles. The monoisotopic (exact) mass is 624 g/mol. The van der Waals surface area contributed by atoms with Crippen LogP contribution in [0.15, 0.2) is 60.7 Å². The number of ether oxygens (including phenoxy) is 3. The summed E-state index contributed by atoms with van der Waals surface area (Å²) >= 11 is 6.96. The molecule has 1 saturated heterocycles. The van der Waals surface area contributed by atoms with Gasteiger partial charge in [-0.25, -0.2) is 9.78 Å². The number of thiazole rings is 1. The SMILES string of the molecule is C=CCOC(=O)c1sc(N2C(=O)C(=O)/C(=C(/O)c3ccc(Cl)cc3)C2c2ccc(OCCCCC)c(OCC)c2)nc1C. The second-order valence-corrected chi connectivity index (χ2v) is 11.1. The van der Waals surface area contributed by atoms with Crippen LogP contribution in [0.3, 0.4) is 0 Å². The molecular formula is C32H33ClN2O7S. The Morgan fingerprint density at radius 2 is 1.86 bits per heavy atom. The molecule has 1 atom stereocenters. The van der Waals surface area contributed by atoms with Gasteiger partial charge in [-0.15, -0.1) is 0 Å². The van der Waals surface area contributed by atoms with Crippen LogP contribution in [-0.4, -0.2) is 47.6 Å². The minimum atomic E-state index is -1.09. The lowest BCUT2D eigenvalue weighted by Gasteiger charge is -2.24. The summed E-state index contributed by atoms with van der Waals surface area (Å²) < 4.78 is 17.0. The smallest absolute Gasteiger partial charge is 0.350 e. The molecule has 1 fully saturated rings. The highest BCUT2D eigenvalue weighted by atomic mass is 35.5. The maximum absolute atomic E-state index is 13.6. The number of halogens is 1. The van der Waals surface area contributed by atoms with E-state index in [-0.39, 0.29) is 27.9 Å². The number of amides is 1. The minimum absolute atomic E-state index is 0.00415. The van der Waals surface area contributed by atoms with E-state index >= 15 is 0 Å². The molecule has 1 unspecified atom stereocenters. The zero-order chi connectivity index (χ0) is 31.1. The molecule has 1 aromatic heterocycles. The maximum atomic E-state index is 13.6. The van der Waals surface area contributed by atoms with E-state index in [9.17, 15) is 19.5 Å². The number of aliphatic hydroxyl groups excluding tert-OH is 1. The molecule has 0 saturated carbocycles. The topological polar surface area (TPSA) is 115 Å². The normalized spacial score (nSPS) is 15.9. The maximum Gasteiger partial charge on any atom is 0.350 e. The van der Waals surface area contributed by atoms with Crippen molar-refractivity contribution in [3.8, 4) is 11.5 Å². The third kappa shape index (κ3) is 6.92. The highest BCUT2D eigenvalue weighted by molar-refractivity contribution is 7.17. The first-order valence-electron chi connectivity index (χ1n) is 13.9. The van der Waals surface area contributed by atoms with Gasteiger partial charge in [-0.1, -0.05) is 61.4 Å². The Labute approximate surface area is 259 Å². The average Bonchev–Trinajstić information content (AvgIpc) is 3.51. The van der Waals surface area contributed by atoms with Crippen LogP contribution in [0.1, 0.15) is 65.6 Å². The van der Waals surface area contributed by atoms with E-state index in [1.165, 1.54) is 11.0 Å². The number of hydrogen-bond acceptors (Lipinski definition) is 9. The molecule has 4 rings (SSSR count). The number of Topliss-reactive ketones (excluding diaryl/α,β-unsaturated/α-hetero) is 1. The van der Waals surface area contributed by atoms with Gasteiger partial charge >= 0.3 is 11.9 Å². The van der Waals surface area contributed by atoms with Crippen molar-refractivity contribution in [1.29, 1.82) is 0 Å². The number of nitrogens with zero attached hydrogens (tertiary/aromatic N) is 2. The molecule has 0 bridgehead atoms. The lowest BCUT2D eigenvalue weighted by Crippen LogP contribution is -2.29. The van der Waals surface area contributed by atoms with Gasteiger partial charge in [0.15, 0.2) is 16.6 Å². The van der Waals surface area contributed by atoms with Crippen LogP contribution < -0.4 is 14.4 Å². The van der Waals surface area contributed by atoms with Crippen molar-refractivity contribution in [2.75, 3.05) is 24.7 Å². The number of unbranched alkanes of at least 4 members (excludes halogenated alkanes) is 2. The molecule has 0 spiro atoms. The summed E-state index contributed by atoms with van der Waals surface area (Å²) in [5, 5.41) is 12.0. The number of hydrogen-bond donors (Lipinski definition) is 1. The van der Waals surface area contributed by atoms with Gasteiger partial charge in [0.1, 0.15) is 17.2 Å². The molecule has 2 aromatic carbocycles. The van der Waals surface area contributed by atoms with E-state index in [2.05, 4.69) is 18.5 Å². The summed E-state index contributed by atoms with van der Waals surface area (Å²) in [6.45, 7) is 9.97. The number of esters is 1. The first-order valence-corrected chi connectivity index (χ1v) is 15.1. The number of benzene rings is 2. The van der Waals surface area contributed by atoms with Crippen molar-refractivity contribution in [3.63, 3.8) is 0 Å². The number of anilines is 1. The Hall–Kier alpha value is -4.15. The lowest BCUT2D eigenvalue weighted by molar-refractivity contribution is -0.132. The third-order valence-electron chi connectivity index (χ3n) is 6.66. The summed E-state index contributed by atoms with van der Waals surface area (Å²) in [7, 11) is 0. The first kappa shape index (κ1) is 31.8. The Balaban J connectivity index is 1.86. The molecule has 43 heavy (non-hydrogen) atoms. The van der Waals surface area contributed by atoms with Gasteiger partial charge in [0, 0.05) is 10.6 Å². The fraction of sp³-hybridized carbons (Fsp3) is 0.312. The molecule has 226 valence electrons. The van der Waals surface area contributed by atoms with Crippen LogP contribution >= 0.6 is 22.9 Å². The van der Waals surface area contributed by atoms with Crippen LogP contribution in [0.4, 0.5) is 5.13 Å². The summed E-state index contributed by atoms with van der Waals surface area (Å²) in [5.41, 5.74) is 0.966. The number of carbonyl (C=O) groups is 3. The highest BCUT2D eigenvalue weighted by Crippen LogP contribution is 2.45. The van der Waals surface area contributed by atoms with Crippen molar-refractivity contribution in [2.24, 2.45) is 0 Å². The first-order chi connectivity index (χ1) is 20.7. The van der Waals surface area contributed by atoms with E-state index in [4.69, 9.17) is 25.8 Å². The lowest BCUT2D eigenvalue weighted by atomic mass is 9.95. The van der Waals surface area contributed by atoms with E-state index < -0.39 is 23.7 Å². The largest absolute Gasteiger partial charge is 0.507 e. The molecule has 11 heteroatoms. The van der Waals surface area contributed by atoms with Gasteiger partial charge in [0.2, 0.25) is 0 Å². The van der Waals surface area contributed by atoms with Crippen LogP contribution in [0.2, 0.25) is 5.02 Å². The molecule has 1 aliphatic rings. The van der Waals surface area contributed by atoms with Crippen molar-refractivity contribution >= 4 is 51.5 Å².